The van der Waals surface area contributed by atoms with E-state index in [1.54, 1.807) is 0 Å². The van der Waals surface area contributed by atoms with Crippen molar-refractivity contribution in [2.45, 2.75) is 44.6 Å². The van der Waals surface area contributed by atoms with Crippen LogP contribution in [-0.4, -0.2) is 35.3 Å². The Kier molecular flexibility index (Phi) is 6.18. The van der Waals surface area contributed by atoms with E-state index in [-0.39, 0.29) is 0 Å². The number of aliphatic hydroxyl groups is 1. The molecule has 0 radical (unpaired) electrons. The fourth-order valence-corrected chi connectivity index (χ4v) is 2.29. The standard InChI is InChI=1S/C11H23N3O2/c12-11(14-16)6-1-2-7-13-10-5-3-4-9(10)8-15/h9-10,13,15-16H,1-8H2,(H2,12,14). The third-order valence-corrected chi connectivity index (χ3v) is 3.29. The number of hydrogen-bond acceptors (Lipinski definition) is 4. The Hall–Kier alpha value is -0.810. The fraction of sp³-hybridized carbons (Fsp3) is 0.909. The second kappa shape index (κ2) is 7.46. The van der Waals surface area contributed by atoms with Crippen molar-refractivity contribution in [1.29, 1.82) is 0 Å². The van der Waals surface area contributed by atoms with E-state index in [1.165, 1.54) is 12.8 Å². The van der Waals surface area contributed by atoms with Crippen molar-refractivity contribution < 1.29 is 10.3 Å². The zero-order valence-corrected chi connectivity index (χ0v) is 9.73. The van der Waals surface area contributed by atoms with Crippen LogP contribution in [0.25, 0.3) is 0 Å². The van der Waals surface area contributed by atoms with Crippen LogP contribution in [-0.2, 0) is 0 Å². The van der Waals surface area contributed by atoms with Crippen LogP contribution >= 0.6 is 0 Å². The smallest absolute Gasteiger partial charge is 0.139 e. The van der Waals surface area contributed by atoms with Gasteiger partial charge in [-0.15, -0.1) is 0 Å². The summed E-state index contributed by atoms with van der Waals surface area (Å²) in [5.74, 6) is 0.734. The Balaban J connectivity index is 2.02. The Bertz CT molecular complexity index is 221. The first-order valence-corrected chi connectivity index (χ1v) is 6.08. The van der Waals surface area contributed by atoms with Gasteiger partial charge in [-0.2, -0.15) is 0 Å². The molecule has 0 aromatic heterocycles. The van der Waals surface area contributed by atoms with Crippen molar-refractivity contribution in [3.05, 3.63) is 0 Å². The predicted octanol–water partition coefficient (Wildman–Crippen LogP) is 0.654. The van der Waals surface area contributed by atoms with Crippen molar-refractivity contribution in [1.82, 2.24) is 5.32 Å². The summed E-state index contributed by atoms with van der Waals surface area (Å²) < 4.78 is 0. The number of rotatable bonds is 7. The molecule has 0 bridgehead atoms. The number of nitrogens with zero attached hydrogens (tertiary/aromatic N) is 1. The average Bonchev–Trinajstić information content (AvgIpc) is 2.75. The number of hydrogen-bond donors (Lipinski definition) is 4. The van der Waals surface area contributed by atoms with Gasteiger partial charge in [-0.05, 0) is 38.1 Å². The lowest BCUT2D eigenvalue weighted by Gasteiger charge is -2.18. The van der Waals surface area contributed by atoms with Crippen LogP contribution < -0.4 is 11.1 Å². The summed E-state index contributed by atoms with van der Waals surface area (Å²) in [6.45, 7) is 1.24. The first-order valence-electron chi connectivity index (χ1n) is 6.08. The van der Waals surface area contributed by atoms with Crippen LogP contribution in [0, 0.1) is 5.92 Å². The van der Waals surface area contributed by atoms with Crippen LogP contribution in [0.15, 0.2) is 5.16 Å². The number of aliphatic hydroxyl groups excluding tert-OH is 1. The molecular formula is C11H23N3O2. The van der Waals surface area contributed by atoms with Crippen LogP contribution in [0.3, 0.4) is 0 Å². The summed E-state index contributed by atoms with van der Waals surface area (Å²) in [6.07, 6.45) is 6.12. The quantitative estimate of drug-likeness (QED) is 0.170. The zero-order chi connectivity index (χ0) is 11.8. The van der Waals surface area contributed by atoms with Gasteiger partial charge in [0.25, 0.3) is 0 Å². The SMILES string of the molecule is NC(CCCCNC1CCCC1CO)=NO. The molecule has 16 heavy (non-hydrogen) atoms. The maximum Gasteiger partial charge on any atom is 0.139 e. The van der Waals surface area contributed by atoms with E-state index in [4.69, 9.17) is 16.0 Å². The van der Waals surface area contributed by atoms with Crippen molar-refractivity contribution in [3.8, 4) is 0 Å². The molecule has 2 unspecified atom stereocenters. The summed E-state index contributed by atoms with van der Waals surface area (Å²) >= 11 is 0. The summed E-state index contributed by atoms with van der Waals surface area (Å²) in [5, 5.41) is 23.9. The van der Waals surface area contributed by atoms with Gasteiger partial charge in [0.2, 0.25) is 0 Å². The molecular weight excluding hydrogens is 206 g/mol. The Morgan fingerprint density at radius 2 is 2.19 bits per heavy atom. The van der Waals surface area contributed by atoms with Gasteiger partial charge >= 0.3 is 0 Å². The van der Waals surface area contributed by atoms with Crippen molar-refractivity contribution in [2.75, 3.05) is 13.2 Å². The maximum absolute atomic E-state index is 9.14. The number of nitrogens with one attached hydrogen (secondary N) is 1. The Morgan fingerprint density at radius 3 is 2.88 bits per heavy atom. The van der Waals surface area contributed by atoms with E-state index in [1.807, 2.05) is 0 Å². The lowest BCUT2D eigenvalue weighted by atomic mass is 10.0. The first kappa shape index (κ1) is 13.3. The lowest BCUT2D eigenvalue weighted by molar-refractivity contribution is 0.205. The number of amidine groups is 1. The van der Waals surface area contributed by atoms with Crippen LogP contribution in [0.2, 0.25) is 0 Å². The van der Waals surface area contributed by atoms with Gasteiger partial charge in [-0.3, -0.25) is 0 Å². The van der Waals surface area contributed by atoms with E-state index in [9.17, 15) is 0 Å². The summed E-state index contributed by atoms with van der Waals surface area (Å²) in [6, 6.07) is 0.480. The number of unbranched alkanes of at least 4 members (excludes halogenated alkanes) is 1. The molecule has 5 heteroatoms. The second-order valence-electron chi connectivity index (χ2n) is 4.48. The highest BCUT2D eigenvalue weighted by Crippen LogP contribution is 2.24. The molecule has 2 atom stereocenters. The fourth-order valence-electron chi connectivity index (χ4n) is 2.29. The monoisotopic (exact) mass is 229 g/mol. The minimum Gasteiger partial charge on any atom is -0.409 e. The largest absolute Gasteiger partial charge is 0.409 e. The molecule has 1 aliphatic rings. The van der Waals surface area contributed by atoms with Gasteiger partial charge < -0.3 is 21.4 Å². The molecule has 0 aromatic rings. The molecule has 1 fully saturated rings. The molecule has 0 amide bonds. The van der Waals surface area contributed by atoms with E-state index >= 15 is 0 Å². The zero-order valence-electron chi connectivity index (χ0n) is 9.73. The van der Waals surface area contributed by atoms with Gasteiger partial charge in [0.15, 0.2) is 0 Å². The summed E-state index contributed by atoms with van der Waals surface area (Å²) in [5.41, 5.74) is 5.37. The molecule has 1 aliphatic carbocycles. The predicted molar refractivity (Wildman–Crippen MR) is 63.5 cm³/mol. The molecule has 0 heterocycles. The van der Waals surface area contributed by atoms with E-state index in [0.717, 1.165) is 25.8 Å². The molecule has 0 spiro atoms. The summed E-state index contributed by atoms with van der Waals surface area (Å²) in [7, 11) is 0. The molecule has 0 aliphatic heterocycles. The van der Waals surface area contributed by atoms with Gasteiger partial charge in [0, 0.05) is 19.1 Å². The average molecular weight is 229 g/mol. The molecule has 94 valence electrons. The highest BCUT2D eigenvalue weighted by atomic mass is 16.4. The van der Waals surface area contributed by atoms with E-state index in [0.29, 0.717) is 30.8 Å². The highest BCUT2D eigenvalue weighted by molar-refractivity contribution is 5.79. The van der Waals surface area contributed by atoms with Crippen LogP contribution in [0.4, 0.5) is 0 Å². The minimum atomic E-state index is 0.293. The van der Waals surface area contributed by atoms with Gasteiger partial charge in [0.05, 0.1) is 0 Å². The van der Waals surface area contributed by atoms with Gasteiger partial charge in [-0.25, -0.2) is 0 Å². The van der Waals surface area contributed by atoms with E-state index < -0.39 is 0 Å². The van der Waals surface area contributed by atoms with E-state index in [2.05, 4.69) is 10.5 Å². The lowest BCUT2D eigenvalue weighted by Crippen LogP contribution is -2.34. The topological polar surface area (TPSA) is 90.9 Å². The van der Waals surface area contributed by atoms with Crippen LogP contribution in [0.5, 0.6) is 0 Å². The molecule has 0 aromatic carbocycles. The van der Waals surface area contributed by atoms with Crippen molar-refractivity contribution >= 4 is 5.84 Å². The molecule has 1 saturated carbocycles. The maximum atomic E-state index is 9.14. The minimum absolute atomic E-state index is 0.293. The second-order valence-corrected chi connectivity index (χ2v) is 4.48. The molecule has 1 rings (SSSR count). The number of oxime groups is 1. The molecule has 0 saturated heterocycles. The van der Waals surface area contributed by atoms with Crippen molar-refractivity contribution in [2.24, 2.45) is 16.8 Å². The van der Waals surface area contributed by atoms with Gasteiger partial charge in [-0.1, -0.05) is 11.6 Å². The third kappa shape index (κ3) is 4.37. The highest BCUT2D eigenvalue weighted by Gasteiger charge is 2.25. The molecule has 5 N–H and O–H groups in total. The van der Waals surface area contributed by atoms with Gasteiger partial charge in [0.1, 0.15) is 5.84 Å². The summed E-state index contributed by atoms with van der Waals surface area (Å²) in [4.78, 5) is 0. The van der Waals surface area contributed by atoms with Crippen LogP contribution in [0.1, 0.15) is 38.5 Å². The normalized spacial score (nSPS) is 26.2. The Labute approximate surface area is 96.7 Å². The third-order valence-electron chi connectivity index (χ3n) is 3.29. The molecule has 5 nitrogen and oxygen atoms in total. The Morgan fingerprint density at radius 1 is 1.38 bits per heavy atom. The first-order chi connectivity index (χ1) is 7.77. The number of nitrogens with two attached hydrogens (primary N) is 1. The van der Waals surface area contributed by atoms with Crippen molar-refractivity contribution in [3.63, 3.8) is 0 Å².